The second-order valence-corrected chi connectivity index (χ2v) is 5.21. The first kappa shape index (κ1) is 14.5. The van der Waals surface area contributed by atoms with Gasteiger partial charge in [0.15, 0.2) is 5.79 Å². The molecule has 0 aromatic carbocycles. The molecule has 1 N–H and O–H groups in total. The maximum absolute atomic E-state index is 11.7. The van der Waals surface area contributed by atoms with Crippen LogP contribution < -0.4 is 5.32 Å². The second kappa shape index (κ2) is 6.36. The molecule has 0 radical (unpaired) electrons. The quantitative estimate of drug-likeness (QED) is 0.753. The van der Waals surface area contributed by atoms with Gasteiger partial charge in [-0.25, -0.2) is 0 Å². The van der Waals surface area contributed by atoms with Gasteiger partial charge in [0.2, 0.25) is 5.91 Å². The molecule has 0 bridgehead atoms. The van der Waals surface area contributed by atoms with Crippen LogP contribution in [-0.4, -0.2) is 30.4 Å². The third-order valence-electron chi connectivity index (χ3n) is 2.80. The third-order valence-corrected chi connectivity index (χ3v) is 2.80. The van der Waals surface area contributed by atoms with Crippen molar-refractivity contribution < 1.29 is 14.3 Å². The lowest BCUT2D eigenvalue weighted by Gasteiger charge is -2.39. The number of carbonyl (C=O) groups is 1. The summed E-state index contributed by atoms with van der Waals surface area (Å²) < 4.78 is 11.4. The Morgan fingerprint density at radius 2 is 2.12 bits per heavy atom. The highest BCUT2D eigenvalue weighted by atomic mass is 16.7. The van der Waals surface area contributed by atoms with Gasteiger partial charge in [-0.3, -0.25) is 4.79 Å². The molecule has 4 heteroatoms. The van der Waals surface area contributed by atoms with E-state index in [1.165, 1.54) is 0 Å². The molecular formula is C13H25NO3. The van der Waals surface area contributed by atoms with Gasteiger partial charge in [0.05, 0.1) is 18.6 Å². The summed E-state index contributed by atoms with van der Waals surface area (Å²) in [5, 5.41) is 2.91. The molecule has 1 saturated heterocycles. The SMILES string of the molecule is CCCCNC(=O)C[C@H]1C[C@@H](C)OC(C)(C)O1. The fourth-order valence-electron chi connectivity index (χ4n) is 2.19. The van der Waals surface area contributed by atoms with Gasteiger partial charge in [0.1, 0.15) is 0 Å². The van der Waals surface area contributed by atoms with Crippen LogP contribution in [0.1, 0.15) is 53.4 Å². The summed E-state index contributed by atoms with van der Waals surface area (Å²) >= 11 is 0. The Labute approximate surface area is 104 Å². The van der Waals surface area contributed by atoms with Gasteiger partial charge in [-0.05, 0) is 27.2 Å². The molecule has 0 spiro atoms. The van der Waals surface area contributed by atoms with Crippen LogP contribution in [0.25, 0.3) is 0 Å². The van der Waals surface area contributed by atoms with Crippen molar-refractivity contribution >= 4 is 5.91 Å². The molecule has 1 fully saturated rings. The van der Waals surface area contributed by atoms with E-state index in [1.54, 1.807) is 0 Å². The van der Waals surface area contributed by atoms with Crippen LogP contribution in [0.15, 0.2) is 0 Å². The first-order valence-electron chi connectivity index (χ1n) is 6.55. The number of hydrogen-bond acceptors (Lipinski definition) is 3. The van der Waals surface area contributed by atoms with Crippen molar-refractivity contribution in [3.8, 4) is 0 Å². The van der Waals surface area contributed by atoms with Crippen LogP contribution in [0.4, 0.5) is 0 Å². The van der Waals surface area contributed by atoms with Crippen LogP contribution in [0, 0.1) is 0 Å². The van der Waals surface area contributed by atoms with E-state index in [2.05, 4.69) is 12.2 Å². The molecular weight excluding hydrogens is 218 g/mol. The molecule has 1 heterocycles. The minimum absolute atomic E-state index is 0.0321. The lowest BCUT2D eigenvalue weighted by Crippen LogP contribution is -2.45. The van der Waals surface area contributed by atoms with E-state index in [9.17, 15) is 4.79 Å². The number of unbranched alkanes of at least 4 members (excludes halogenated alkanes) is 1. The Balaban J connectivity index is 2.32. The van der Waals surface area contributed by atoms with Crippen molar-refractivity contribution in [3.63, 3.8) is 0 Å². The predicted molar refractivity (Wildman–Crippen MR) is 66.7 cm³/mol. The molecule has 0 unspecified atom stereocenters. The maximum Gasteiger partial charge on any atom is 0.222 e. The number of amides is 1. The number of hydrogen-bond donors (Lipinski definition) is 1. The van der Waals surface area contributed by atoms with Gasteiger partial charge in [0, 0.05) is 13.0 Å². The van der Waals surface area contributed by atoms with Gasteiger partial charge in [-0.1, -0.05) is 13.3 Å². The van der Waals surface area contributed by atoms with Crippen molar-refractivity contribution in [3.05, 3.63) is 0 Å². The van der Waals surface area contributed by atoms with Crippen LogP contribution >= 0.6 is 0 Å². The van der Waals surface area contributed by atoms with E-state index in [4.69, 9.17) is 9.47 Å². The summed E-state index contributed by atoms with van der Waals surface area (Å²) in [4.78, 5) is 11.7. The highest BCUT2D eigenvalue weighted by Crippen LogP contribution is 2.27. The molecule has 0 aromatic rings. The Bertz CT molecular complexity index is 253. The average Bonchev–Trinajstić information content (AvgIpc) is 2.14. The zero-order chi connectivity index (χ0) is 12.9. The van der Waals surface area contributed by atoms with Crippen molar-refractivity contribution in [1.29, 1.82) is 0 Å². The molecule has 0 saturated carbocycles. The van der Waals surface area contributed by atoms with Crippen LogP contribution in [0.5, 0.6) is 0 Å². The molecule has 1 aliphatic heterocycles. The van der Waals surface area contributed by atoms with E-state index in [-0.39, 0.29) is 18.1 Å². The first-order chi connectivity index (χ1) is 7.93. The number of nitrogens with one attached hydrogen (secondary N) is 1. The minimum Gasteiger partial charge on any atom is -0.356 e. The number of carbonyl (C=O) groups excluding carboxylic acids is 1. The van der Waals surface area contributed by atoms with Gasteiger partial charge in [-0.15, -0.1) is 0 Å². The highest BCUT2D eigenvalue weighted by Gasteiger charge is 2.34. The topological polar surface area (TPSA) is 47.6 Å². The third kappa shape index (κ3) is 5.50. The van der Waals surface area contributed by atoms with Gasteiger partial charge < -0.3 is 14.8 Å². The average molecular weight is 243 g/mol. The Hall–Kier alpha value is -0.610. The Kier molecular flexibility index (Phi) is 5.40. The minimum atomic E-state index is -0.577. The smallest absolute Gasteiger partial charge is 0.222 e. The van der Waals surface area contributed by atoms with Crippen molar-refractivity contribution in [2.24, 2.45) is 0 Å². The van der Waals surface area contributed by atoms with E-state index in [1.807, 2.05) is 20.8 Å². The van der Waals surface area contributed by atoms with E-state index in [0.29, 0.717) is 6.42 Å². The second-order valence-electron chi connectivity index (χ2n) is 5.21. The summed E-state index contributed by atoms with van der Waals surface area (Å²) in [6, 6.07) is 0. The van der Waals surface area contributed by atoms with Crippen LogP contribution in [0.2, 0.25) is 0 Å². The Morgan fingerprint density at radius 1 is 1.41 bits per heavy atom. The fourth-order valence-corrected chi connectivity index (χ4v) is 2.19. The van der Waals surface area contributed by atoms with Gasteiger partial charge in [-0.2, -0.15) is 0 Å². The molecule has 1 rings (SSSR count). The van der Waals surface area contributed by atoms with E-state index < -0.39 is 5.79 Å². The van der Waals surface area contributed by atoms with Crippen LogP contribution in [-0.2, 0) is 14.3 Å². The lowest BCUT2D eigenvalue weighted by atomic mass is 10.1. The zero-order valence-corrected chi connectivity index (χ0v) is 11.4. The van der Waals surface area contributed by atoms with E-state index >= 15 is 0 Å². The summed E-state index contributed by atoms with van der Waals surface area (Å²) in [5.74, 6) is -0.500. The number of rotatable bonds is 5. The predicted octanol–water partition coefficient (Wildman–Crippen LogP) is 2.22. The molecule has 1 aliphatic rings. The van der Waals surface area contributed by atoms with Gasteiger partial charge in [0.25, 0.3) is 0 Å². The number of ether oxygens (including phenoxy) is 2. The monoisotopic (exact) mass is 243 g/mol. The largest absolute Gasteiger partial charge is 0.356 e. The van der Waals surface area contributed by atoms with Gasteiger partial charge >= 0.3 is 0 Å². The van der Waals surface area contributed by atoms with Crippen molar-refractivity contribution in [2.75, 3.05) is 6.54 Å². The molecule has 2 atom stereocenters. The fraction of sp³-hybridized carbons (Fsp3) is 0.923. The summed E-state index contributed by atoms with van der Waals surface area (Å²) in [6.07, 6.45) is 3.45. The summed E-state index contributed by atoms with van der Waals surface area (Å²) in [6.45, 7) is 8.68. The molecule has 100 valence electrons. The van der Waals surface area contributed by atoms with E-state index in [0.717, 1.165) is 25.8 Å². The van der Waals surface area contributed by atoms with Crippen LogP contribution in [0.3, 0.4) is 0 Å². The zero-order valence-electron chi connectivity index (χ0n) is 11.4. The van der Waals surface area contributed by atoms with Crippen molar-refractivity contribution in [1.82, 2.24) is 5.32 Å². The van der Waals surface area contributed by atoms with Crippen molar-refractivity contribution in [2.45, 2.75) is 71.4 Å². The molecule has 0 aromatic heterocycles. The lowest BCUT2D eigenvalue weighted by molar-refractivity contribution is -0.295. The highest BCUT2D eigenvalue weighted by molar-refractivity contribution is 5.76. The Morgan fingerprint density at radius 3 is 2.71 bits per heavy atom. The molecule has 1 amide bonds. The standard InChI is InChI=1S/C13H25NO3/c1-5-6-7-14-12(15)9-11-8-10(2)16-13(3,4)17-11/h10-11H,5-9H2,1-4H3,(H,14,15)/t10-,11-/m1/s1. The molecule has 4 nitrogen and oxygen atoms in total. The maximum atomic E-state index is 11.7. The normalized spacial score (nSPS) is 27.8. The first-order valence-corrected chi connectivity index (χ1v) is 6.55. The molecule has 17 heavy (non-hydrogen) atoms. The summed E-state index contributed by atoms with van der Waals surface area (Å²) in [7, 11) is 0. The molecule has 0 aliphatic carbocycles. The summed E-state index contributed by atoms with van der Waals surface area (Å²) in [5.41, 5.74) is 0.